The number of ether oxygens (including phenoxy) is 1. The molecule has 3 heteroatoms. The van der Waals surface area contributed by atoms with Gasteiger partial charge in [-0.15, -0.1) is 0 Å². The number of esters is 1. The average molecular weight is 789 g/mol. The molecule has 4 aromatic carbocycles. The molecule has 10 atom stereocenters. The molecule has 286 valence electrons. The van der Waals surface area contributed by atoms with Crippen LogP contribution in [0.25, 0.3) is 44.7 Å². The lowest BCUT2D eigenvalue weighted by molar-refractivity contribution is -0.143. The summed E-state index contributed by atoms with van der Waals surface area (Å²) in [5, 5.41) is 14.3. The van der Waals surface area contributed by atoms with Crippen molar-refractivity contribution in [2.75, 3.05) is 6.61 Å². The highest BCUT2D eigenvalue weighted by Crippen LogP contribution is 2.86. The van der Waals surface area contributed by atoms with E-state index in [1.807, 2.05) is 11.1 Å². The Hall–Kier alpha value is -4.99. The summed E-state index contributed by atoms with van der Waals surface area (Å²) in [4.78, 5) is 13.5. The molecule has 3 bridgehead atoms. The first kappa shape index (κ1) is 30.1. The average Bonchev–Trinajstić information content (AvgIpc) is 3.98. The third-order valence-electron chi connectivity index (χ3n) is 20.3. The zero-order valence-corrected chi connectivity index (χ0v) is 34.2. The Morgan fingerprint density at radius 3 is 2.78 bits per heavy atom. The van der Waals surface area contributed by atoms with E-state index < -0.39 is 0 Å². The minimum Gasteiger partial charge on any atom is -0.465 e. The van der Waals surface area contributed by atoms with Gasteiger partial charge in [-0.05, 0) is 206 Å². The summed E-state index contributed by atoms with van der Waals surface area (Å²) in [6.07, 6.45) is 20.9. The monoisotopic (exact) mass is 788 g/mol. The van der Waals surface area contributed by atoms with Crippen LogP contribution in [0, 0.1) is 45.4 Å². The van der Waals surface area contributed by atoms with Crippen LogP contribution >= 0.6 is 11.3 Å². The Balaban J connectivity index is 0.927. The molecule has 0 aliphatic heterocycles. The van der Waals surface area contributed by atoms with E-state index in [1.165, 1.54) is 43.2 Å². The highest BCUT2D eigenvalue weighted by Gasteiger charge is 2.82. The van der Waals surface area contributed by atoms with Crippen molar-refractivity contribution in [2.24, 2.45) is 35.0 Å². The van der Waals surface area contributed by atoms with Crippen LogP contribution in [0.15, 0.2) is 88.2 Å². The molecule has 14 aliphatic rings. The van der Waals surface area contributed by atoms with E-state index in [1.54, 1.807) is 115 Å². The second-order valence-electron chi connectivity index (χ2n) is 21.8. The molecule has 2 nitrogen and oxygen atoms in total. The highest BCUT2D eigenvalue weighted by atomic mass is 32.1. The molecular formula is C57H40O2S. The largest absolute Gasteiger partial charge is 0.465 e. The number of thiophene rings is 1. The first-order valence-electron chi connectivity index (χ1n) is 23.4. The molecule has 19 rings (SSSR count). The number of carbonyl (C=O) groups is 1. The van der Waals surface area contributed by atoms with E-state index in [4.69, 9.17) is 4.74 Å². The zero-order valence-electron chi connectivity index (χ0n) is 33.3. The Bertz CT molecular complexity index is 3590. The van der Waals surface area contributed by atoms with Crippen LogP contribution in [-0.4, -0.2) is 12.6 Å². The fourth-order valence-electron chi connectivity index (χ4n) is 19.2. The van der Waals surface area contributed by atoms with Crippen LogP contribution in [0.3, 0.4) is 0 Å². The molecule has 60 heavy (non-hydrogen) atoms. The SMILES string of the molecule is O=C(CCCC1(c2ccccc2)C2C3=CC4CC5=CC6CC7Cc8cc9c%10c%11c8C7C7=c8c%12c%13c%14c(c%15c(c=%10c%14c8-%11)C(C=9)CC%1521)C3=CC4(C%13)C5=C%12C76)OCCc1ccsc1. The maximum atomic E-state index is 13.5. The molecule has 3 saturated carbocycles. The fourth-order valence-corrected chi connectivity index (χ4v) is 19.9. The smallest absolute Gasteiger partial charge is 0.305 e. The maximum absolute atomic E-state index is 13.5. The molecule has 0 amide bonds. The first-order valence-corrected chi connectivity index (χ1v) is 24.3. The topological polar surface area (TPSA) is 26.3 Å². The third kappa shape index (κ3) is 2.64. The number of hydrogen-bond acceptors (Lipinski definition) is 3. The lowest BCUT2D eigenvalue weighted by Crippen LogP contribution is -2.36. The van der Waals surface area contributed by atoms with E-state index in [0.717, 1.165) is 25.2 Å². The summed E-state index contributed by atoms with van der Waals surface area (Å²) in [5.41, 5.74) is 28.9. The maximum Gasteiger partial charge on any atom is 0.305 e. The summed E-state index contributed by atoms with van der Waals surface area (Å²) in [6, 6.07) is 16.6. The van der Waals surface area contributed by atoms with Gasteiger partial charge in [0, 0.05) is 52.8 Å². The number of rotatable bonds is 8. The number of carbonyl (C=O) groups excluding carboxylic acids is 1. The van der Waals surface area contributed by atoms with E-state index in [2.05, 4.69) is 77.5 Å². The van der Waals surface area contributed by atoms with Gasteiger partial charge in [-0.2, -0.15) is 11.3 Å². The van der Waals surface area contributed by atoms with Gasteiger partial charge in [0.1, 0.15) is 0 Å². The molecular weight excluding hydrogens is 749 g/mol. The standard InChI is InChI=1S/C57H40O2S/c58-36(59-11-8-24-9-12-60-23-24)7-4-10-56(31-5-2-1-3-6-31)54-33-19-32-18-29-16-27-14-25-13-26-15-28-17-30-20-57(54,56)53-41(30)47-39(28)45-37(26)38(25)46-40(27)51-43-35-22-55(32,52(29)51)21-34(33)44(53)42(35)48(47)50(45)49(43)46/h1-3,5-6,9,12,15-17,19,21,23,25,27,30,32,38,40,54H,4,7-8,10-11,13-14,18,20,22H2. The minimum atomic E-state index is -0.0662. The molecule has 1 heterocycles. The predicted octanol–water partition coefficient (Wildman–Crippen LogP) is 9.89. The quantitative estimate of drug-likeness (QED) is 0.144. The van der Waals surface area contributed by atoms with Gasteiger partial charge in [0.25, 0.3) is 0 Å². The third-order valence-corrected chi connectivity index (χ3v) is 21.0. The van der Waals surface area contributed by atoms with Crippen molar-refractivity contribution in [3.05, 3.63) is 159 Å². The van der Waals surface area contributed by atoms with Crippen LogP contribution < -0.4 is 10.4 Å². The molecule has 3 fully saturated rings. The normalized spacial score (nSPS) is 36.8. The lowest BCUT2D eigenvalue weighted by atomic mass is 9.57. The summed E-state index contributed by atoms with van der Waals surface area (Å²) < 4.78 is 5.93. The Morgan fingerprint density at radius 2 is 1.87 bits per heavy atom. The molecule has 10 unspecified atom stereocenters. The van der Waals surface area contributed by atoms with E-state index in [0.29, 0.717) is 48.5 Å². The first-order chi connectivity index (χ1) is 29.6. The zero-order chi connectivity index (χ0) is 38.1. The van der Waals surface area contributed by atoms with Gasteiger partial charge in [-0.25, -0.2) is 0 Å². The lowest BCUT2D eigenvalue weighted by Gasteiger charge is -2.46. The van der Waals surface area contributed by atoms with Crippen molar-refractivity contribution in [3.8, 4) is 11.1 Å². The highest BCUT2D eigenvalue weighted by molar-refractivity contribution is 7.07. The summed E-state index contributed by atoms with van der Waals surface area (Å²) in [5.74, 6) is 3.93. The van der Waals surface area contributed by atoms with Crippen LogP contribution in [0.2, 0.25) is 0 Å². The van der Waals surface area contributed by atoms with Crippen LogP contribution in [0.1, 0.15) is 100 Å². The van der Waals surface area contributed by atoms with Gasteiger partial charge in [0.05, 0.1) is 6.61 Å². The van der Waals surface area contributed by atoms with Gasteiger partial charge < -0.3 is 4.74 Å². The van der Waals surface area contributed by atoms with E-state index in [9.17, 15) is 4.79 Å². The molecule has 1 aromatic heterocycles. The number of fused-ring (bicyclic) bond motifs is 1. The van der Waals surface area contributed by atoms with Crippen molar-refractivity contribution in [1.29, 1.82) is 0 Å². The van der Waals surface area contributed by atoms with Crippen LogP contribution in [0.4, 0.5) is 0 Å². The summed E-state index contributed by atoms with van der Waals surface area (Å²) in [7, 11) is 0. The van der Waals surface area contributed by atoms with Gasteiger partial charge in [-0.3, -0.25) is 4.79 Å². The molecule has 2 spiro atoms. The molecule has 0 saturated heterocycles. The van der Waals surface area contributed by atoms with Gasteiger partial charge in [0.15, 0.2) is 0 Å². The molecule has 5 aromatic rings. The van der Waals surface area contributed by atoms with E-state index in [-0.39, 0.29) is 22.2 Å². The van der Waals surface area contributed by atoms with Gasteiger partial charge in [-0.1, -0.05) is 60.7 Å². The second kappa shape index (κ2) is 8.84. The van der Waals surface area contributed by atoms with Crippen LogP contribution in [0.5, 0.6) is 0 Å². The van der Waals surface area contributed by atoms with Crippen molar-refractivity contribution < 1.29 is 9.53 Å². The minimum absolute atomic E-state index is 0.0108. The van der Waals surface area contributed by atoms with Crippen molar-refractivity contribution >= 4 is 50.9 Å². The Labute approximate surface area is 351 Å². The van der Waals surface area contributed by atoms with Crippen molar-refractivity contribution in [3.63, 3.8) is 0 Å². The van der Waals surface area contributed by atoms with Crippen molar-refractivity contribution in [1.82, 2.24) is 0 Å². The van der Waals surface area contributed by atoms with Gasteiger partial charge >= 0.3 is 5.97 Å². The van der Waals surface area contributed by atoms with Crippen molar-refractivity contribution in [2.45, 2.75) is 80.5 Å². The number of benzene rings is 4. The Kier molecular flexibility index (Phi) is 4.44. The molecule has 0 N–H and O–H groups in total. The summed E-state index contributed by atoms with van der Waals surface area (Å²) in [6.45, 7) is 0.469. The van der Waals surface area contributed by atoms with Crippen LogP contribution in [-0.2, 0) is 39.6 Å². The van der Waals surface area contributed by atoms with Gasteiger partial charge in [0.2, 0.25) is 0 Å². The Morgan fingerprint density at radius 1 is 0.917 bits per heavy atom. The summed E-state index contributed by atoms with van der Waals surface area (Å²) >= 11 is 1.71. The number of hydrogen-bond donors (Lipinski definition) is 0. The second-order valence-corrected chi connectivity index (χ2v) is 22.6. The van der Waals surface area contributed by atoms with E-state index >= 15 is 0 Å². The predicted molar refractivity (Wildman–Crippen MR) is 234 cm³/mol. The fraction of sp³-hybridized carbons (Fsp3) is 0.351. The molecule has 0 radical (unpaired) electrons. The molecule has 14 aliphatic carbocycles. The number of allylic oxidation sites excluding steroid dienone is 8.